The fourth-order valence-electron chi connectivity index (χ4n) is 2.62. The monoisotopic (exact) mass is 409 g/mol. The molecular formula is C22H20ClN3O3. The number of para-hydroxylation sites is 1. The Labute approximate surface area is 173 Å². The first-order valence-corrected chi connectivity index (χ1v) is 9.26. The summed E-state index contributed by atoms with van der Waals surface area (Å²) in [5.41, 5.74) is 2.28. The van der Waals surface area contributed by atoms with E-state index in [4.69, 9.17) is 16.3 Å². The van der Waals surface area contributed by atoms with E-state index in [9.17, 15) is 9.59 Å². The lowest BCUT2D eigenvalue weighted by atomic mass is 10.1. The quantitative estimate of drug-likeness (QED) is 0.530. The Morgan fingerprint density at radius 3 is 2.17 bits per heavy atom. The van der Waals surface area contributed by atoms with Gasteiger partial charge < -0.3 is 20.7 Å². The number of carbonyl (C=O) groups is 2. The van der Waals surface area contributed by atoms with Crippen molar-refractivity contribution in [1.82, 2.24) is 0 Å². The smallest absolute Gasteiger partial charge is 0.257 e. The molecule has 0 radical (unpaired) electrons. The van der Waals surface area contributed by atoms with Crippen molar-refractivity contribution in [3.63, 3.8) is 0 Å². The maximum absolute atomic E-state index is 12.6. The van der Waals surface area contributed by atoms with E-state index in [2.05, 4.69) is 16.0 Å². The predicted molar refractivity (Wildman–Crippen MR) is 116 cm³/mol. The van der Waals surface area contributed by atoms with Crippen LogP contribution in [0, 0.1) is 0 Å². The fraction of sp³-hybridized carbons (Fsp3) is 0.0909. The third kappa shape index (κ3) is 5.73. The Kier molecular flexibility index (Phi) is 6.71. The number of carbonyl (C=O) groups excluding carboxylic acids is 2. The van der Waals surface area contributed by atoms with Gasteiger partial charge in [0.25, 0.3) is 5.91 Å². The largest absolute Gasteiger partial charge is 0.497 e. The van der Waals surface area contributed by atoms with E-state index in [1.54, 1.807) is 79.9 Å². The van der Waals surface area contributed by atoms with Gasteiger partial charge in [-0.15, -0.1) is 0 Å². The Morgan fingerprint density at radius 1 is 0.862 bits per heavy atom. The molecule has 29 heavy (non-hydrogen) atoms. The highest BCUT2D eigenvalue weighted by molar-refractivity contribution is 6.30. The third-order valence-electron chi connectivity index (χ3n) is 4.09. The second kappa shape index (κ2) is 9.61. The van der Waals surface area contributed by atoms with Crippen LogP contribution in [0.5, 0.6) is 5.75 Å². The van der Waals surface area contributed by atoms with Gasteiger partial charge in [0, 0.05) is 22.1 Å². The van der Waals surface area contributed by atoms with Crippen LogP contribution in [-0.2, 0) is 4.79 Å². The van der Waals surface area contributed by atoms with Gasteiger partial charge in [-0.1, -0.05) is 23.7 Å². The zero-order chi connectivity index (χ0) is 20.6. The third-order valence-corrected chi connectivity index (χ3v) is 4.34. The van der Waals surface area contributed by atoms with Gasteiger partial charge >= 0.3 is 0 Å². The van der Waals surface area contributed by atoms with Crippen LogP contribution in [0.3, 0.4) is 0 Å². The number of nitrogens with one attached hydrogen (secondary N) is 3. The molecule has 0 unspecified atom stereocenters. The molecule has 0 aliphatic heterocycles. The molecule has 0 aliphatic carbocycles. The highest BCUT2D eigenvalue weighted by Crippen LogP contribution is 2.19. The van der Waals surface area contributed by atoms with Crippen LogP contribution in [0.15, 0.2) is 72.8 Å². The zero-order valence-electron chi connectivity index (χ0n) is 15.7. The van der Waals surface area contributed by atoms with Crippen molar-refractivity contribution in [2.75, 3.05) is 29.6 Å². The first kappa shape index (κ1) is 20.2. The van der Waals surface area contributed by atoms with Crippen molar-refractivity contribution in [3.8, 4) is 5.75 Å². The van der Waals surface area contributed by atoms with Crippen LogP contribution in [0.25, 0.3) is 0 Å². The number of methoxy groups -OCH3 is 1. The molecule has 3 N–H and O–H groups in total. The minimum Gasteiger partial charge on any atom is -0.497 e. The highest BCUT2D eigenvalue weighted by Gasteiger charge is 2.12. The number of anilines is 3. The van der Waals surface area contributed by atoms with Gasteiger partial charge in [0.1, 0.15) is 5.75 Å². The van der Waals surface area contributed by atoms with E-state index in [1.165, 1.54) is 0 Å². The van der Waals surface area contributed by atoms with Gasteiger partial charge in [-0.3, -0.25) is 9.59 Å². The lowest BCUT2D eigenvalue weighted by Crippen LogP contribution is -2.23. The SMILES string of the molecule is COc1ccc(NC(=O)CNc2ccccc2C(=O)Nc2ccc(Cl)cc2)cc1. The maximum Gasteiger partial charge on any atom is 0.257 e. The van der Waals surface area contributed by atoms with E-state index in [-0.39, 0.29) is 18.4 Å². The van der Waals surface area contributed by atoms with Gasteiger partial charge in [0.15, 0.2) is 0 Å². The van der Waals surface area contributed by atoms with Gasteiger partial charge in [-0.05, 0) is 60.7 Å². The number of benzene rings is 3. The lowest BCUT2D eigenvalue weighted by Gasteiger charge is -2.13. The van der Waals surface area contributed by atoms with Crippen LogP contribution < -0.4 is 20.7 Å². The van der Waals surface area contributed by atoms with Gasteiger partial charge in [0.05, 0.1) is 19.2 Å². The second-order valence-corrected chi connectivity index (χ2v) is 6.57. The molecular weight excluding hydrogens is 390 g/mol. The van der Waals surface area contributed by atoms with E-state index in [0.29, 0.717) is 33.4 Å². The molecule has 148 valence electrons. The van der Waals surface area contributed by atoms with E-state index in [0.717, 1.165) is 0 Å². The summed E-state index contributed by atoms with van der Waals surface area (Å²) < 4.78 is 5.09. The van der Waals surface area contributed by atoms with Gasteiger partial charge in [0.2, 0.25) is 5.91 Å². The summed E-state index contributed by atoms with van der Waals surface area (Å²) >= 11 is 5.87. The van der Waals surface area contributed by atoms with Crippen LogP contribution >= 0.6 is 11.6 Å². The van der Waals surface area contributed by atoms with Crippen LogP contribution in [0.2, 0.25) is 5.02 Å². The molecule has 0 saturated carbocycles. The van der Waals surface area contributed by atoms with Crippen molar-refractivity contribution < 1.29 is 14.3 Å². The van der Waals surface area contributed by atoms with Gasteiger partial charge in [-0.2, -0.15) is 0 Å². The summed E-state index contributed by atoms with van der Waals surface area (Å²) in [6, 6.07) is 20.9. The molecule has 0 atom stereocenters. The minimum absolute atomic E-state index is 0.0112. The molecule has 0 saturated heterocycles. The molecule has 0 aromatic heterocycles. The molecule has 0 bridgehead atoms. The average Bonchev–Trinajstić information content (AvgIpc) is 2.74. The first-order valence-electron chi connectivity index (χ1n) is 8.89. The Hall–Kier alpha value is -3.51. The summed E-state index contributed by atoms with van der Waals surface area (Å²) in [5.74, 6) is 0.191. The minimum atomic E-state index is -0.286. The standard InChI is InChI=1S/C22H20ClN3O3/c1-29-18-12-10-16(11-13-18)25-21(27)14-24-20-5-3-2-4-19(20)22(28)26-17-8-6-15(23)7-9-17/h2-13,24H,14H2,1H3,(H,25,27)(H,26,28). The molecule has 2 amide bonds. The number of ether oxygens (including phenoxy) is 1. The number of rotatable bonds is 7. The van der Waals surface area contributed by atoms with Crippen LogP contribution in [-0.4, -0.2) is 25.5 Å². The normalized spacial score (nSPS) is 10.1. The fourth-order valence-corrected chi connectivity index (χ4v) is 2.75. The topological polar surface area (TPSA) is 79.5 Å². The molecule has 3 aromatic carbocycles. The van der Waals surface area contributed by atoms with Crippen molar-refractivity contribution in [1.29, 1.82) is 0 Å². The number of hydrogen-bond donors (Lipinski definition) is 3. The van der Waals surface area contributed by atoms with Crippen molar-refractivity contribution in [2.24, 2.45) is 0 Å². The Morgan fingerprint density at radius 2 is 1.48 bits per heavy atom. The van der Waals surface area contributed by atoms with Crippen LogP contribution in [0.4, 0.5) is 17.1 Å². The van der Waals surface area contributed by atoms with E-state index < -0.39 is 0 Å². The average molecular weight is 410 g/mol. The molecule has 3 rings (SSSR count). The molecule has 7 heteroatoms. The molecule has 3 aromatic rings. The van der Waals surface area contributed by atoms with Crippen molar-refractivity contribution in [3.05, 3.63) is 83.4 Å². The Bertz CT molecular complexity index is 989. The highest BCUT2D eigenvalue weighted by atomic mass is 35.5. The lowest BCUT2D eigenvalue weighted by molar-refractivity contribution is -0.114. The molecule has 0 heterocycles. The predicted octanol–water partition coefficient (Wildman–Crippen LogP) is 4.65. The Balaban J connectivity index is 1.61. The summed E-state index contributed by atoms with van der Waals surface area (Å²) in [5, 5.41) is 9.21. The molecule has 6 nitrogen and oxygen atoms in total. The first-order chi connectivity index (χ1) is 14.0. The van der Waals surface area contributed by atoms with Crippen LogP contribution in [0.1, 0.15) is 10.4 Å². The molecule has 0 aliphatic rings. The number of halogens is 1. The molecule has 0 spiro atoms. The summed E-state index contributed by atoms with van der Waals surface area (Å²) in [6.07, 6.45) is 0. The maximum atomic E-state index is 12.6. The van der Waals surface area contributed by atoms with Gasteiger partial charge in [-0.25, -0.2) is 0 Å². The number of amides is 2. The summed E-state index contributed by atoms with van der Waals surface area (Å²) in [4.78, 5) is 24.8. The van der Waals surface area contributed by atoms with Crippen molar-refractivity contribution >= 4 is 40.5 Å². The van der Waals surface area contributed by atoms with E-state index >= 15 is 0 Å². The zero-order valence-corrected chi connectivity index (χ0v) is 16.5. The van der Waals surface area contributed by atoms with Crippen molar-refractivity contribution in [2.45, 2.75) is 0 Å². The summed E-state index contributed by atoms with van der Waals surface area (Å²) in [7, 11) is 1.58. The number of hydrogen-bond acceptors (Lipinski definition) is 4. The van der Waals surface area contributed by atoms with E-state index in [1.807, 2.05) is 0 Å². The second-order valence-electron chi connectivity index (χ2n) is 6.14. The summed E-state index contributed by atoms with van der Waals surface area (Å²) in [6.45, 7) is 0.0112. The molecule has 0 fully saturated rings.